The molecule has 7 nitrogen and oxygen atoms in total. The molecule has 3 rings (SSSR count). The average Bonchev–Trinajstić information content (AvgIpc) is 3.17. The first-order valence-electron chi connectivity index (χ1n) is 8.42. The molecule has 0 radical (unpaired) electrons. The molecule has 1 amide bonds. The van der Waals surface area contributed by atoms with Crippen molar-refractivity contribution < 1.29 is 19.2 Å². The number of nitrogens with zero attached hydrogens (tertiary/aromatic N) is 1. The number of benzene rings is 1. The van der Waals surface area contributed by atoms with E-state index in [0.29, 0.717) is 16.1 Å². The van der Waals surface area contributed by atoms with Crippen molar-refractivity contribution in [1.29, 1.82) is 0 Å². The van der Waals surface area contributed by atoms with Gasteiger partial charge in [-0.1, -0.05) is 17.7 Å². The fourth-order valence-electron chi connectivity index (χ4n) is 2.91. The van der Waals surface area contributed by atoms with Gasteiger partial charge >= 0.3 is 0 Å². The lowest BCUT2D eigenvalue weighted by atomic mass is 10.0. The number of amides is 1. The second-order valence-electron chi connectivity index (χ2n) is 5.99. The van der Waals surface area contributed by atoms with Crippen molar-refractivity contribution in [1.82, 2.24) is 10.0 Å². The van der Waals surface area contributed by atoms with Crippen LogP contribution < -0.4 is 11.0 Å². The third-order valence-corrected chi connectivity index (χ3v) is 5.40. The minimum absolute atomic E-state index is 0.0594. The molecule has 28 heavy (non-hydrogen) atoms. The third-order valence-electron chi connectivity index (χ3n) is 4.32. The van der Waals surface area contributed by atoms with Gasteiger partial charge in [0, 0.05) is 29.1 Å². The molecule has 0 bridgehead atoms. The van der Waals surface area contributed by atoms with E-state index in [1.807, 2.05) is 24.5 Å². The molecule has 2 heterocycles. The number of pyridine rings is 1. The molecule has 0 aliphatic heterocycles. The van der Waals surface area contributed by atoms with E-state index in [9.17, 15) is 9.59 Å². The molecule has 0 atom stereocenters. The van der Waals surface area contributed by atoms with E-state index in [1.54, 1.807) is 18.8 Å². The largest absolute Gasteiger partial charge is 0.463 e. The lowest BCUT2D eigenvalue weighted by Gasteiger charge is -2.15. The van der Waals surface area contributed by atoms with Crippen LogP contribution in [0.3, 0.4) is 0 Å². The Hall–Kier alpha value is -2.26. The summed E-state index contributed by atoms with van der Waals surface area (Å²) >= 11 is 7.97. The Morgan fingerprint density at radius 1 is 1.39 bits per heavy atom. The standard InChI is InChI=1S/C19H19ClN2O5S/c1-22-15(9-11-3-4-12(28-2)10-14(11)20)16(18(24)21-27-8-6-23)17-13(19(22)25)5-7-26-17/h3-5,7,10,23H,6,8-9H2,1-2H3,(H,21,24). The summed E-state index contributed by atoms with van der Waals surface area (Å²) in [5, 5.41) is 9.67. The van der Waals surface area contributed by atoms with Gasteiger partial charge in [-0.3, -0.25) is 14.4 Å². The second-order valence-corrected chi connectivity index (χ2v) is 7.27. The molecule has 0 aliphatic rings. The van der Waals surface area contributed by atoms with Crippen molar-refractivity contribution >= 4 is 40.2 Å². The molecule has 0 unspecified atom stereocenters. The Labute approximate surface area is 170 Å². The highest BCUT2D eigenvalue weighted by Crippen LogP contribution is 2.28. The summed E-state index contributed by atoms with van der Waals surface area (Å²) in [4.78, 5) is 31.4. The molecule has 148 valence electrons. The fraction of sp³-hybridized carbons (Fsp3) is 0.263. The molecule has 0 aliphatic carbocycles. The number of carbonyl (C=O) groups is 1. The van der Waals surface area contributed by atoms with Gasteiger partial charge in [0.15, 0.2) is 5.58 Å². The zero-order chi connectivity index (χ0) is 20.3. The monoisotopic (exact) mass is 422 g/mol. The Kier molecular flexibility index (Phi) is 6.46. The molecule has 1 aromatic carbocycles. The number of hydrogen-bond donors (Lipinski definition) is 2. The Balaban J connectivity index is 2.12. The van der Waals surface area contributed by atoms with Gasteiger partial charge in [-0.15, -0.1) is 11.8 Å². The van der Waals surface area contributed by atoms with Crippen LogP contribution in [0.1, 0.15) is 21.6 Å². The summed E-state index contributed by atoms with van der Waals surface area (Å²) in [7, 11) is 1.60. The Morgan fingerprint density at radius 2 is 2.18 bits per heavy atom. The van der Waals surface area contributed by atoms with Crippen LogP contribution in [-0.4, -0.2) is 35.1 Å². The van der Waals surface area contributed by atoms with Crippen LogP contribution in [0.25, 0.3) is 11.0 Å². The number of halogens is 1. The lowest BCUT2D eigenvalue weighted by Crippen LogP contribution is -2.30. The third kappa shape index (κ3) is 3.95. The van der Waals surface area contributed by atoms with Crippen LogP contribution in [0.15, 0.2) is 44.6 Å². The van der Waals surface area contributed by atoms with E-state index in [4.69, 9.17) is 26.0 Å². The lowest BCUT2D eigenvalue weighted by molar-refractivity contribution is 0.0167. The van der Waals surface area contributed by atoms with Crippen LogP contribution in [0.4, 0.5) is 0 Å². The number of hydrogen-bond acceptors (Lipinski definition) is 6. The normalized spacial score (nSPS) is 11.1. The number of aliphatic hydroxyl groups is 1. The highest BCUT2D eigenvalue weighted by atomic mass is 35.5. The van der Waals surface area contributed by atoms with E-state index < -0.39 is 5.91 Å². The Bertz CT molecular complexity index is 1080. The number of thioether (sulfide) groups is 1. The van der Waals surface area contributed by atoms with Gasteiger partial charge in [-0.25, -0.2) is 5.48 Å². The first kappa shape index (κ1) is 20.5. The molecule has 2 aromatic heterocycles. The summed E-state index contributed by atoms with van der Waals surface area (Å²) in [6, 6.07) is 7.16. The van der Waals surface area contributed by atoms with E-state index in [1.165, 1.54) is 16.9 Å². The number of aliphatic hydroxyl groups excluding tert-OH is 1. The predicted molar refractivity (Wildman–Crippen MR) is 108 cm³/mol. The van der Waals surface area contributed by atoms with Crippen LogP contribution in [-0.2, 0) is 18.3 Å². The zero-order valence-electron chi connectivity index (χ0n) is 15.3. The average molecular weight is 423 g/mol. The van der Waals surface area contributed by atoms with Gasteiger partial charge in [0.25, 0.3) is 11.5 Å². The van der Waals surface area contributed by atoms with Gasteiger partial charge in [-0.2, -0.15) is 0 Å². The number of carbonyl (C=O) groups excluding carboxylic acids is 1. The van der Waals surface area contributed by atoms with Gasteiger partial charge in [0.2, 0.25) is 0 Å². The van der Waals surface area contributed by atoms with E-state index >= 15 is 0 Å². The number of nitrogens with one attached hydrogen (secondary N) is 1. The number of rotatable bonds is 7. The zero-order valence-corrected chi connectivity index (χ0v) is 16.9. The molecular formula is C19H19ClN2O5S. The summed E-state index contributed by atoms with van der Waals surface area (Å²) in [6.45, 7) is -0.302. The maximum Gasteiger partial charge on any atom is 0.280 e. The van der Waals surface area contributed by atoms with Crippen molar-refractivity contribution in [2.45, 2.75) is 11.3 Å². The van der Waals surface area contributed by atoms with Crippen molar-refractivity contribution in [2.24, 2.45) is 7.05 Å². The van der Waals surface area contributed by atoms with E-state index in [0.717, 1.165) is 10.5 Å². The van der Waals surface area contributed by atoms with Gasteiger partial charge < -0.3 is 14.1 Å². The minimum atomic E-state index is -0.573. The fourth-order valence-corrected chi connectivity index (χ4v) is 3.66. The maximum atomic E-state index is 12.8. The molecule has 9 heteroatoms. The van der Waals surface area contributed by atoms with Crippen molar-refractivity contribution in [3.63, 3.8) is 0 Å². The predicted octanol–water partition coefficient (Wildman–Crippen LogP) is 2.75. The molecule has 2 N–H and O–H groups in total. The van der Waals surface area contributed by atoms with Crippen LogP contribution in [0, 0.1) is 0 Å². The maximum absolute atomic E-state index is 12.8. The first-order valence-corrected chi connectivity index (χ1v) is 10.0. The molecule has 0 saturated carbocycles. The Morgan fingerprint density at radius 3 is 2.86 bits per heavy atom. The number of hydroxylamine groups is 1. The van der Waals surface area contributed by atoms with Crippen molar-refractivity contribution in [3.05, 3.63) is 62.7 Å². The van der Waals surface area contributed by atoms with Crippen molar-refractivity contribution in [2.75, 3.05) is 19.5 Å². The molecule has 0 fully saturated rings. The van der Waals surface area contributed by atoms with E-state index in [-0.39, 0.29) is 36.3 Å². The van der Waals surface area contributed by atoms with Crippen LogP contribution >= 0.6 is 23.4 Å². The van der Waals surface area contributed by atoms with Crippen LogP contribution in [0.2, 0.25) is 5.02 Å². The summed E-state index contributed by atoms with van der Waals surface area (Å²) < 4.78 is 6.86. The van der Waals surface area contributed by atoms with E-state index in [2.05, 4.69) is 5.48 Å². The minimum Gasteiger partial charge on any atom is -0.463 e. The molecular weight excluding hydrogens is 404 g/mol. The smallest absolute Gasteiger partial charge is 0.280 e. The summed E-state index contributed by atoms with van der Waals surface area (Å²) in [5.41, 5.74) is 3.58. The quantitative estimate of drug-likeness (QED) is 0.345. The number of fused-ring (bicyclic) bond motifs is 1. The first-order chi connectivity index (χ1) is 13.5. The van der Waals surface area contributed by atoms with Gasteiger partial charge in [0.1, 0.15) is 5.56 Å². The highest BCUT2D eigenvalue weighted by Gasteiger charge is 2.24. The molecule has 0 spiro atoms. The van der Waals surface area contributed by atoms with Crippen molar-refractivity contribution in [3.8, 4) is 0 Å². The molecule has 3 aromatic rings. The van der Waals surface area contributed by atoms with Gasteiger partial charge in [0.05, 0.1) is 24.9 Å². The molecule has 0 saturated heterocycles. The highest BCUT2D eigenvalue weighted by molar-refractivity contribution is 7.98. The topological polar surface area (TPSA) is 93.7 Å². The number of furan rings is 1. The van der Waals surface area contributed by atoms with Crippen LogP contribution in [0.5, 0.6) is 0 Å². The second kappa shape index (κ2) is 8.83. The summed E-state index contributed by atoms with van der Waals surface area (Å²) in [5.74, 6) is -0.573. The summed E-state index contributed by atoms with van der Waals surface area (Å²) in [6.07, 6.45) is 3.56. The SMILES string of the molecule is CSc1ccc(Cc2c(C(=O)NOCCO)c3occc3c(=O)n2C)c(Cl)c1. The van der Waals surface area contributed by atoms with Gasteiger partial charge in [-0.05, 0) is 30.0 Å². The number of aromatic nitrogens is 1.